The van der Waals surface area contributed by atoms with E-state index in [4.69, 9.17) is 8.94 Å². The van der Waals surface area contributed by atoms with E-state index in [1.807, 2.05) is 0 Å². The average Bonchev–Trinajstić information content (AvgIpc) is 3.16. The van der Waals surface area contributed by atoms with Crippen molar-refractivity contribution in [2.45, 2.75) is 58.0 Å². The Hall–Kier alpha value is -1.80. The van der Waals surface area contributed by atoms with Crippen molar-refractivity contribution in [1.82, 2.24) is 30.1 Å². The first-order chi connectivity index (χ1) is 12.1. The highest BCUT2D eigenvalue weighted by atomic mass is 16.5. The smallest absolute Gasteiger partial charge is 0.243 e. The van der Waals surface area contributed by atoms with E-state index in [1.165, 1.54) is 12.8 Å². The van der Waals surface area contributed by atoms with Gasteiger partial charge in [0.25, 0.3) is 0 Å². The van der Waals surface area contributed by atoms with Crippen molar-refractivity contribution in [3.8, 4) is 0 Å². The largest absolute Gasteiger partial charge is 0.424 e. The van der Waals surface area contributed by atoms with Gasteiger partial charge in [0.2, 0.25) is 17.7 Å². The Labute approximate surface area is 147 Å². The summed E-state index contributed by atoms with van der Waals surface area (Å²) in [5, 5.41) is 12.4. The van der Waals surface area contributed by atoms with Gasteiger partial charge in [0.15, 0.2) is 5.82 Å². The number of aromatic nitrogens is 4. The van der Waals surface area contributed by atoms with Gasteiger partial charge in [-0.2, -0.15) is 4.98 Å². The molecule has 8 heteroatoms. The van der Waals surface area contributed by atoms with E-state index in [1.54, 1.807) is 0 Å². The molecule has 1 saturated heterocycles. The van der Waals surface area contributed by atoms with Crippen LogP contribution in [-0.4, -0.2) is 56.3 Å². The van der Waals surface area contributed by atoms with E-state index < -0.39 is 0 Å². The minimum Gasteiger partial charge on any atom is -0.424 e. The van der Waals surface area contributed by atoms with Crippen molar-refractivity contribution < 1.29 is 8.94 Å². The summed E-state index contributed by atoms with van der Waals surface area (Å²) >= 11 is 0. The molecule has 2 aromatic heterocycles. The molecule has 1 aliphatic carbocycles. The number of rotatable bonds is 6. The molecule has 136 valence electrons. The summed E-state index contributed by atoms with van der Waals surface area (Å²) in [5.41, 5.74) is 0. The summed E-state index contributed by atoms with van der Waals surface area (Å²) in [7, 11) is 0. The monoisotopic (exact) mass is 346 g/mol. The number of nitrogens with zero attached hydrogens (tertiary/aromatic N) is 6. The zero-order valence-corrected chi connectivity index (χ0v) is 15.2. The lowest BCUT2D eigenvalue weighted by molar-refractivity contribution is 0.0795. The minimum absolute atomic E-state index is 0.165. The van der Waals surface area contributed by atoms with Crippen LogP contribution >= 0.6 is 0 Å². The summed E-state index contributed by atoms with van der Waals surface area (Å²) in [6.45, 7) is 10.8. The minimum atomic E-state index is 0.165. The van der Waals surface area contributed by atoms with Gasteiger partial charge < -0.3 is 8.94 Å². The van der Waals surface area contributed by atoms with E-state index in [0.29, 0.717) is 24.2 Å². The van der Waals surface area contributed by atoms with Crippen molar-refractivity contribution in [3.05, 3.63) is 23.5 Å². The number of piperazine rings is 1. The fourth-order valence-corrected chi connectivity index (χ4v) is 3.14. The predicted molar refractivity (Wildman–Crippen MR) is 89.9 cm³/mol. The van der Waals surface area contributed by atoms with Gasteiger partial charge in [-0.05, 0) is 19.8 Å². The fraction of sp³-hybridized carbons (Fsp3) is 0.765. The molecule has 0 aromatic carbocycles. The SMILES string of the molecule is CC(C)c1nnc(CN2CCN(C(C)c3nc(C4CC4)no3)CC2)o1. The second-order valence-electron chi connectivity index (χ2n) is 7.44. The predicted octanol–water partition coefficient (Wildman–Crippen LogP) is 2.33. The molecule has 1 atom stereocenters. The second kappa shape index (κ2) is 6.84. The summed E-state index contributed by atoms with van der Waals surface area (Å²) < 4.78 is 11.2. The topological polar surface area (TPSA) is 84.3 Å². The second-order valence-corrected chi connectivity index (χ2v) is 7.44. The Morgan fingerprint density at radius 1 is 1.04 bits per heavy atom. The Morgan fingerprint density at radius 3 is 2.44 bits per heavy atom. The summed E-state index contributed by atoms with van der Waals surface area (Å²) in [6.07, 6.45) is 2.39. The number of hydrogen-bond acceptors (Lipinski definition) is 8. The van der Waals surface area contributed by atoms with Crippen LogP contribution in [0.15, 0.2) is 8.94 Å². The van der Waals surface area contributed by atoms with Gasteiger partial charge in [-0.3, -0.25) is 9.80 Å². The summed E-state index contributed by atoms with van der Waals surface area (Å²) in [5.74, 6) is 3.86. The van der Waals surface area contributed by atoms with Gasteiger partial charge >= 0.3 is 0 Å². The molecular weight excluding hydrogens is 320 g/mol. The van der Waals surface area contributed by atoms with Gasteiger partial charge in [0.05, 0.1) is 12.6 Å². The van der Waals surface area contributed by atoms with Gasteiger partial charge in [-0.1, -0.05) is 19.0 Å². The molecule has 0 bridgehead atoms. The van der Waals surface area contributed by atoms with Crippen LogP contribution < -0.4 is 0 Å². The van der Waals surface area contributed by atoms with E-state index in [9.17, 15) is 0 Å². The average molecular weight is 346 g/mol. The van der Waals surface area contributed by atoms with Gasteiger partial charge in [0.1, 0.15) is 0 Å². The highest BCUT2D eigenvalue weighted by Gasteiger charge is 2.31. The maximum absolute atomic E-state index is 5.71. The van der Waals surface area contributed by atoms with Gasteiger partial charge in [-0.25, -0.2) is 0 Å². The molecule has 4 rings (SSSR count). The number of hydrogen-bond donors (Lipinski definition) is 0. The first-order valence-electron chi connectivity index (χ1n) is 9.22. The summed E-state index contributed by atoms with van der Waals surface area (Å²) in [6, 6.07) is 0.165. The van der Waals surface area contributed by atoms with Crippen LogP contribution in [0.2, 0.25) is 0 Å². The van der Waals surface area contributed by atoms with E-state index in [-0.39, 0.29) is 12.0 Å². The molecule has 1 unspecified atom stereocenters. The molecule has 25 heavy (non-hydrogen) atoms. The molecule has 2 aromatic rings. The molecule has 2 fully saturated rings. The highest BCUT2D eigenvalue weighted by Crippen LogP contribution is 2.38. The zero-order chi connectivity index (χ0) is 17.4. The Balaban J connectivity index is 1.29. The standard InChI is InChI=1S/C17H26N6O2/c1-11(2)16-20-19-14(24-16)10-22-6-8-23(9-7-22)12(3)17-18-15(21-25-17)13-4-5-13/h11-13H,4-10H2,1-3H3. The lowest BCUT2D eigenvalue weighted by Gasteiger charge is -2.36. The third-order valence-electron chi connectivity index (χ3n) is 5.05. The van der Waals surface area contributed by atoms with E-state index in [2.05, 4.69) is 50.9 Å². The molecule has 1 aliphatic heterocycles. The molecular formula is C17H26N6O2. The first-order valence-corrected chi connectivity index (χ1v) is 9.22. The molecule has 2 aliphatic rings. The van der Waals surface area contributed by atoms with Gasteiger partial charge in [0, 0.05) is 38.0 Å². The van der Waals surface area contributed by atoms with Crippen LogP contribution in [0, 0.1) is 0 Å². The van der Waals surface area contributed by atoms with Crippen LogP contribution in [0.5, 0.6) is 0 Å². The normalized spacial score (nSPS) is 21.1. The van der Waals surface area contributed by atoms with E-state index >= 15 is 0 Å². The van der Waals surface area contributed by atoms with Crippen molar-refractivity contribution in [3.63, 3.8) is 0 Å². The van der Waals surface area contributed by atoms with Gasteiger partial charge in [-0.15, -0.1) is 10.2 Å². The van der Waals surface area contributed by atoms with E-state index in [0.717, 1.165) is 37.9 Å². The lowest BCUT2D eigenvalue weighted by atomic mass is 10.2. The fourth-order valence-electron chi connectivity index (χ4n) is 3.14. The molecule has 0 amide bonds. The third-order valence-corrected chi connectivity index (χ3v) is 5.05. The maximum atomic E-state index is 5.71. The van der Waals surface area contributed by atoms with Crippen molar-refractivity contribution in [1.29, 1.82) is 0 Å². The molecule has 3 heterocycles. The zero-order valence-electron chi connectivity index (χ0n) is 15.2. The highest BCUT2D eigenvalue weighted by molar-refractivity contribution is 5.05. The van der Waals surface area contributed by atoms with Crippen molar-refractivity contribution >= 4 is 0 Å². The molecule has 0 radical (unpaired) electrons. The Kier molecular flexibility index (Phi) is 4.56. The molecule has 8 nitrogen and oxygen atoms in total. The van der Waals surface area contributed by atoms with Crippen molar-refractivity contribution in [2.24, 2.45) is 0 Å². The van der Waals surface area contributed by atoms with Crippen molar-refractivity contribution in [2.75, 3.05) is 26.2 Å². The Bertz CT molecular complexity index is 700. The van der Waals surface area contributed by atoms with Crippen LogP contribution in [0.4, 0.5) is 0 Å². The third kappa shape index (κ3) is 3.74. The van der Waals surface area contributed by atoms with Crippen LogP contribution in [0.3, 0.4) is 0 Å². The molecule has 1 saturated carbocycles. The van der Waals surface area contributed by atoms with Crippen LogP contribution in [0.25, 0.3) is 0 Å². The van der Waals surface area contributed by atoms with Crippen LogP contribution in [-0.2, 0) is 6.54 Å². The van der Waals surface area contributed by atoms with Crippen LogP contribution in [0.1, 0.15) is 75.0 Å². The quantitative estimate of drug-likeness (QED) is 0.788. The lowest BCUT2D eigenvalue weighted by Crippen LogP contribution is -2.46. The maximum Gasteiger partial charge on any atom is 0.243 e. The molecule has 0 N–H and O–H groups in total. The molecule has 0 spiro atoms. The Morgan fingerprint density at radius 2 is 1.80 bits per heavy atom. The first kappa shape index (κ1) is 16.7. The summed E-state index contributed by atoms with van der Waals surface area (Å²) in [4.78, 5) is 9.34.